The van der Waals surface area contributed by atoms with Gasteiger partial charge in [0, 0.05) is 57.5 Å². The number of aromatic nitrogens is 1. The number of pyridine rings is 1. The minimum absolute atomic E-state index is 0. The van der Waals surface area contributed by atoms with Gasteiger partial charge in [0.2, 0.25) is 0 Å². The van der Waals surface area contributed by atoms with Crippen molar-refractivity contribution in [1.29, 1.82) is 0 Å². The van der Waals surface area contributed by atoms with Crippen LogP contribution < -0.4 is 10.2 Å². The maximum atomic E-state index is 6.32. The number of guanidine groups is 1. The maximum Gasteiger partial charge on any atom is 0.194 e. The predicted octanol–water partition coefficient (Wildman–Crippen LogP) is 3.70. The van der Waals surface area contributed by atoms with E-state index >= 15 is 0 Å². The molecule has 1 aromatic heterocycles. The second kappa shape index (κ2) is 12.3. The Kier molecular flexibility index (Phi) is 10.1. The molecule has 0 atom stereocenters. The van der Waals surface area contributed by atoms with E-state index in [1.54, 1.807) is 0 Å². The van der Waals surface area contributed by atoms with Crippen LogP contribution in [-0.2, 0) is 13.1 Å². The van der Waals surface area contributed by atoms with Crippen molar-refractivity contribution in [3.63, 3.8) is 0 Å². The van der Waals surface area contributed by atoms with E-state index in [0.29, 0.717) is 13.1 Å². The summed E-state index contributed by atoms with van der Waals surface area (Å²) >= 11 is 6.32. The van der Waals surface area contributed by atoms with E-state index in [9.17, 15) is 0 Å². The molecule has 2 aromatic rings. The number of likely N-dealkylation sites (N-methyl/N-ethyl adjacent to an activating group) is 1. The lowest BCUT2D eigenvalue weighted by molar-refractivity contribution is 0.312. The topological polar surface area (TPSA) is 47.0 Å². The zero-order chi connectivity index (χ0) is 20.6. The van der Waals surface area contributed by atoms with Crippen molar-refractivity contribution < 1.29 is 0 Å². The molecular weight excluding hydrogens is 511 g/mol. The summed E-state index contributed by atoms with van der Waals surface area (Å²) in [4.78, 5) is 16.2. The lowest BCUT2D eigenvalue weighted by atomic mass is 10.2. The standard InChI is InChI=1S/C22H31ClN6.HI/c1-4-24-22(28(3)17-19-7-5-6-8-20(19)23)26-16-18-9-10-25-21(15-18)29-13-11-27(2)12-14-29;/h5-10,15H,4,11-14,16-17H2,1-3H3,(H,24,26);1H. The van der Waals surface area contributed by atoms with Gasteiger partial charge < -0.3 is 20.0 Å². The molecule has 0 amide bonds. The molecule has 1 N–H and O–H groups in total. The van der Waals surface area contributed by atoms with Crippen LogP contribution in [0.3, 0.4) is 0 Å². The van der Waals surface area contributed by atoms with Gasteiger partial charge in [0.05, 0.1) is 6.54 Å². The Morgan fingerprint density at radius 3 is 2.63 bits per heavy atom. The van der Waals surface area contributed by atoms with Crippen molar-refractivity contribution in [3.05, 3.63) is 58.7 Å². The molecule has 0 bridgehead atoms. The normalized spacial score (nSPS) is 14.9. The molecule has 1 saturated heterocycles. The lowest BCUT2D eigenvalue weighted by Gasteiger charge is -2.33. The Morgan fingerprint density at radius 2 is 1.93 bits per heavy atom. The Bertz CT molecular complexity index is 823. The van der Waals surface area contributed by atoms with Crippen LogP contribution in [0.2, 0.25) is 5.02 Å². The van der Waals surface area contributed by atoms with Crippen molar-refractivity contribution in [3.8, 4) is 0 Å². The van der Waals surface area contributed by atoms with Gasteiger partial charge in [0.25, 0.3) is 0 Å². The van der Waals surface area contributed by atoms with E-state index in [1.807, 2.05) is 43.6 Å². The zero-order valence-corrected chi connectivity index (χ0v) is 21.1. The van der Waals surface area contributed by atoms with Crippen molar-refractivity contribution >= 4 is 47.4 Å². The van der Waals surface area contributed by atoms with Crippen LogP contribution in [0.15, 0.2) is 47.6 Å². The summed E-state index contributed by atoms with van der Waals surface area (Å²) in [5.74, 6) is 1.91. The quantitative estimate of drug-likeness (QED) is 0.343. The second-order valence-corrected chi connectivity index (χ2v) is 7.84. The highest BCUT2D eigenvalue weighted by molar-refractivity contribution is 14.0. The highest BCUT2D eigenvalue weighted by Crippen LogP contribution is 2.17. The third-order valence-electron chi connectivity index (χ3n) is 5.11. The van der Waals surface area contributed by atoms with Crippen molar-refractivity contribution in [2.45, 2.75) is 20.0 Å². The number of hydrogen-bond donors (Lipinski definition) is 1. The number of nitrogens with zero attached hydrogens (tertiary/aromatic N) is 5. The fourth-order valence-electron chi connectivity index (χ4n) is 3.36. The molecular formula is C22H32ClIN6. The molecule has 1 fully saturated rings. The average molecular weight is 543 g/mol. The van der Waals surface area contributed by atoms with Gasteiger partial charge in [-0.05, 0) is 43.3 Å². The predicted molar refractivity (Wildman–Crippen MR) is 137 cm³/mol. The first kappa shape index (κ1) is 24.7. The summed E-state index contributed by atoms with van der Waals surface area (Å²) in [6.45, 7) is 8.38. The van der Waals surface area contributed by atoms with Crippen LogP contribution in [0.25, 0.3) is 0 Å². The van der Waals surface area contributed by atoms with E-state index < -0.39 is 0 Å². The fraction of sp³-hybridized carbons (Fsp3) is 0.455. The number of aliphatic imine (C=N–C) groups is 1. The summed E-state index contributed by atoms with van der Waals surface area (Å²) in [6.07, 6.45) is 1.89. The van der Waals surface area contributed by atoms with E-state index in [2.05, 4.69) is 45.0 Å². The number of rotatable bonds is 6. The summed E-state index contributed by atoms with van der Waals surface area (Å²) in [7, 11) is 4.20. The Morgan fingerprint density at radius 1 is 1.20 bits per heavy atom. The van der Waals surface area contributed by atoms with Gasteiger partial charge >= 0.3 is 0 Å². The zero-order valence-electron chi connectivity index (χ0n) is 18.0. The molecule has 2 heterocycles. The van der Waals surface area contributed by atoms with Crippen LogP contribution in [0.1, 0.15) is 18.1 Å². The molecule has 8 heteroatoms. The fourth-order valence-corrected chi connectivity index (χ4v) is 3.56. The van der Waals surface area contributed by atoms with Crippen molar-refractivity contribution in [2.75, 3.05) is 51.7 Å². The Balaban J connectivity index is 0.00000320. The molecule has 0 saturated carbocycles. The Hall–Kier alpha value is -1.58. The first-order chi connectivity index (χ1) is 14.1. The van der Waals surface area contributed by atoms with Crippen LogP contribution in [-0.4, -0.2) is 67.6 Å². The average Bonchev–Trinajstić information content (AvgIpc) is 2.73. The molecule has 30 heavy (non-hydrogen) atoms. The first-order valence-electron chi connectivity index (χ1n) is 10.2. The molecule has 0 spiro atoms. The first-order valence-corrected chi connectivity index (χ1v) is 10.6. The third-order valence-corrected chi connectivity index (χ3v) is 5.48. The number of piperazine rings is 1. The van der Waals surface area contributed by atoms with Gasteiger partial charge in [-0.3, -0.25) is 0 Å². The largest absolute Gasteiger partial charge is 0.357 e. The molecule has 1 aliphatic rings. The Labute approximate surface area is 202 Å². The van der Waals surface area contributed by atoms with Gasteiger partial charge in [-0.1, -0.05) is 29.8 Å². The highest BCUT2D eigenvalue weighted by atomic mass is 127. The summed E-state index contributed by atoms with van der Waals surface area (Å²) in [5, 5.41) is 4.16. The highest BCUT2D eigenvalue weighted by Gasteiger charge is 2.15. The SMILES string of the molecule is CCNC(=NCc1ccnc(N2CCN(C)CC2)c1)N(C)Cc1ccccc1Cl.I. The molecule has 164 valence electrons. The van der Waals surface area contributed by atoms with Crippen molar-refractivity contribution in [1.82, 2.24) is 20.1 Å². The summed E-state index contributed by atoms with van der Waals surface area (Å²) < 4.78 is 0. The second-order valence-electron chi connectivity index (χ2n) is 7.43. The van der Waals surface area contributed by atoms with Gasteiger partial charge in [-0.15, -0.1) is 24.0 Å². The molecule has 0 unspecified atom stereocenters. The number of benzene rings is 1. The summed E-state index contributed by atoms with van der Waals surface area (Å²) in [6, 6.07) is 12.1. The van der Waals surface area contributed by atoms with Gasteiger partial charge in [-0.2, -0.15) is 0 Å². The number of anilines is 1. The minimum Gasteiger partial charge on any atom is -0.357 e. The molecule has 0 radical (unpaired) electrons. The number of halogens is 2. The molecule has 0 aliphatic carbocycles. The minimum atomic E-state index is 0. The van der Waals surface area contributed by atoms with Crippen LogP contribution in [0, 0.1) is 0 Å². The summed E-state index contributed by atoms with van der Waals surface area (Å²) in [5.41, 5.74) is 2.25. The molecule has 6 nitrogen and oxygen atoms in total. The third kappa shape index (κ3) is 6.99. The smallest absolute Gasteiger partial charge is 0.194 e. The van der Waals surface area contributed by atoms with E-state index in [0.717, 1.165) is 60.7 Å². The van der Waals surface area contributed by atoms with E-state index in [-0.39, 0.29) is 24.0 Å². The van der Waals surface area contributed by atoms with Crippen molar-refractivity contribution in [2.24, 2.45) is 4.99 Å². The maximum absolute atomic E-state index is 6.32. The molecule has 3 rings (SSSR count). The number of hydrogen-bond acceptors (Lipinski definition) is 4. The van der Waals surface area contributed by atoms with Crippen LogP contribution >= 0.6 is 35.6 Å². The van der Waals surface area contributed by atoms with Gasteiger partial charge in [0.1, 0.15) is 5.82 Å². The molecule has 1 aliphatic heterocycles. The lowest BCUT2D eigenvalue weighted by Crippen LogP contribution is -2.44. The van der Waals surface area contributed by atoms with Gasteiger partial charge in [-0.25, -0.2) is 9.98 Å². The number of nitrogens with one attached hydrogen (secondary N) is 1. The van der Waals surface area contributed by atoms with Gasteiger partial charge in [0.15, 0.2) is 5.96 Å². The van der Waals surface area contributed by atoms with E-state index in [4.69, 9.17) is 16.6 Å². The monoisotopic (exact) mass is 542 g/mol. The van der Waals surface area contributed by atoms with Crippen LogP contribution in [0.5, 0.6) is 0 Å². The van der Waals surface area contributed by atoms with E-state index in [1.165, 1.54) is 0 Å². The van der Waals surface area contributed by atoms with Crippen LogP contribution in [0.4, 0.5) is 5.82 Å². The molecule has 1 aromatic carbocycles.